The molecule has 1 saturated carbocycles. The van der Waals surface area contributed by atoms with Gasteiger partial charge in [-0.25, -0.2) is 4.79 Å². The molecule has 59 heavy (non-hydrogen) atoms. The molecule has 1 aliphatic heterocycles. The van der Waals surface area contributed by atoms with E-state index < -0.39 is 17.7 Å². The van der Waals surface area contributed by atoms with Crippen molar-refractivity contribution in [1.82, 2.24) is 20.5 Å². The van der Waals surface area contributed by atoms with Crippen molar-refractivity contribution < 1.29 is 34.4 Å². The first-order valence-corrected chi connectivity index (χ1v) is 20.7. The van der Waals surface area contributed by atoms with Gasteiger partial charge in [0, 0.05) is 48.3 Å². The number of carbonyl (C=O) groups is 2. The monoisotopic (exact) mass is 802 g/mol. The number of hydrogen-bond donors (Lipinski definition) is 6. The van der Waals surface area contributed by atoms with E-state index in [4.69, 9.17) is 9.47 Å². The number of aliphatic hydroxyl groups excluding tert-OH is 1. The highest BCUT2D eigenvalue weighted by Gasteiger charge is 2.42. The smallest absolute Gasteiger partial charge is 0.347 e. The maximum Gasteiger partial charge on any atom is 0.347 e. The van der Waals surface area contributed by atoms with Crippen molar-refractivity contribution in [2.75, 3.05) is 39.4 Å². The Morgan fingerprint density at radius 2 is 1.63 bits per heavy atom. The molecule has 12 heteroatoms. The molecule has 7 rings (SSSR count). The standard InChI is InChI=1S/C47H54N4O8/c52-41-20-18-39(40-19-21-43(54)50-44(40)41)42(53)30-48-29-32-14-16-34(17-15-32)45(55)49-24-7-27-58-38-13-6-10-36(28-38)47(57,35-8-2-1-3-9-35)46(56)59-31-33-22-25-51(26-23-33)37-11-4-5-12-37/h1-3,6,8-10,13-21,28,33,37,42,48,52-53,57H,4-5,7,11-12,22-27,29-31H2,(H,49,55)(H,50,54)/t42-,47-/m0/s1. The summed E-state index contributed by atoms with van der Waals surface area (Å²) in [5.41, 5.74) is 0.712. The number of likely N-dealkylation sites (tertiary alicyclic amines) is 1. The highest BCUT2D eigenvalue weighted by molar-refractivity contribution is 5.94. The van der Waals surface area contributed by atoms with Crippen LogP contribution >= 0.6 is 0 Å². The van der Waals surface area contributed by atoms with E-state index in [1.54, 1.807) is 72.8 Å². The first kappa shape index (κ1) is 41.6. The van der Waals surface area contributed by atoms with Crippen molar-refractivity contribution in [3.63, 3.8) is 0 Å². The van der Waals surface area contributed by atoms with Gasteiger partial charge in [-0.1, -0.05) is 73.5 Å². The number of phenols is 1. The van der Waals surface area contributed by atoms with Crippen LogP contribution < -0.4 is 20.9 Å². The minimum Gasteiger partial charge on any atom is -0.506 e. The Labute approximate surface area is 344 Å². The van der Waals surface area contributed by atoms with Crippen LogP contribution in [-0.4, -0.2) is 82.5 Å². The van der Waals surface area contributed by atoms with Gasteiger partial charge in [0.05, 0.1) is 24.8 Å². The predicted octanol–water partition coefficient (Wildman–Crippen LogP) is 5.69. The van der Waals surface area contributed by atoms with E-state index in [2.05, 4.69) is 20.5 Å². The summed E-state index contributed by atoms with van der Waals surface area (Å²) in [5, 5.41) is 39.7. The normalized spacial score (nSPS) is 16.7. The minimum absolute atomic E-state index is 0.0646. The summed E-state index contributed by atoms with van der Waals surface area (Å²) < 4.78 is 11.9. The van der Waals surface area contributed by atoms with Gasteiger partial charge in [-0.15, -0.1) is 0 Å². The number of piperidine rings is 1. The third-order valence-electron chi connectivity index (χ3n) is 11.7. The number of aromatic hydroxyl groups is 1. The number of nitrogens with zero attached hydrogens (tertiary/aromatic N) is 1. The Kier molecular flexibility index (Phi) is 13.7. The van der Waals surface area contributed by atoms with Gasteiger partial charge >= 0.3 is 5.97 Å². The zero-order chi connectivity index (χ0) is 41.2. The Bertz CT molecular complexity index is 2230. The number of nitrogens with one attached hydrogen (secondary N) is 3. The average molecular weight is 803 g/mol. The van der Waals surface area contributed by atoms with Crippen molar-refractivity contribution in [2.24, 2.45) is 5.92 Å². The van der Waals surface area contributed by atoms with E-state index in [1.807, 2.05) is 18.2 Å². The fraction of sp³-hybridized carbons (Fsp3) is 0.383. The summed E-state index contributed by atoms with van der Waals surface area (Å²) in [6, 6.07) is 29.6. The number of aromatic amines is 1. The lowest BCUT2D eigenvalue weighted by Gasteiger charge is -2.36. The third-order valence-corrected chi connectivity index (χ3v) is 11.7. The second-order valence-corrected chi connectivity index (χ2v) is 15.7. The number of fused-ring (bicyclic) bond motifs is 1. The highest BCUT2D eigenvalue weighted by atomic mass is 16.5. The van der Waals surface area contributed by atoms with Gasteiger partial charge in [0.15, 0.2) is 0 Å². The van der Waals surface area contributed by atoms with Crippen molar-refractivity contribution in [2.45, 2.75) is 69.2 Å². The van der Waals surface area contributed by atoms with E-state index in [9.17, 15) is 29.7 Å². The fourth-order valence-electron chi connectivity index (χ4n) is 8.30. The number of phenolic OH excluding ortho intramolecular Hbond substituents is 1. The molecule has 2 heterocycles. The molecule has 6 N–H and O–H groups in total. The maximum absolute atomic E-state index is 13.8. The van der Waals surface area contributed by atoms with Crippen molar-refractivity contribution in [3.05, 3.63) is 141 Å². The topological polar surface area (TPSA) is 173 Å². The summed E-state index contributed by atoms with van der Waals surface area (Å²) >= 11 is 0. The molecule has 0 spiro atoms. The zero-order valence-corrected chi connectivity index (χ0v) is 33.3. The molecule has 2 atom stereocenters. The number of H-pyrrole nitrogens is 1. The molecule has 0 radical (unpaired) electrons. The Morgan fingerprint density at radius 3 is 2.39 bits per heavy atom. The lowest BCUT2D eigenvalue weighted by Crippen LogP contribution is -2.42. The summed E-state index contributed by atoms with van der Waals surface area (Å²) in [6.07, 6.45) is 6.79. The number of aromatic nitrogens is 1. The number of hydrogen-bond acceptors (Lipinski definition) is 10. The molecule has 4 aromatic carbocycles. The van der Waals surface area contributed by atoms with Gasteiger partial charge in [-0.2, -0.15) is 0 Å². The molecule has 0 bridgehead atoms. The maximum atomic E-state index is 13.8. The third kappa shape index (κ3) is 10.2. The van der Waals surface area contributed by atoms with Gasteiger partial charge in [0.2, 0.25) is 11.2 Å². The van der Waals surface area contributed by atoms with Crippen LogP contribution in [0.4, 0.5) is 0 Å². The number of ether oxygens (including phenoxy) is 2. The van der Waals surface area contributed by atoms with E-state index in [0.29, 0.717) is 65.5 Å². The quantitative estimate of drug-likeness (QED) is 0.0507. The number of rotatable bonds is 17. The van der Waals surface area contributed by atoms with Crippen LogP contribution in [0.2, 0.25) is 0 Å². The Hall–Kier alpha value is -5.53. The molecule has 0 unspecified atom stereocenters. The minimum atomic E-state index is -2.02. The van der Waals surface area contributed by atoms with Gasteiger partial charge in [0.25, 0.3) is 5.91 Å². The number of pyridine rings is 1. The van der Waals surface area contributed by atoms with Crippen molar-refractivity contribution >= 4 is 22.8 Å². The lowest BCUT2D eigenvalue weighted by atomic mass is 9.86. The van der Waals surface area contributed by atoms with Crippen LogP contribution in [0.5, 0.6) is 11.5 Å². The van der Waals surface area contributed by atoms with Crippen LogP contribution in [0.25, 0.3) is 10.9 Å². The molecular weight excluding hydrogens is 749 g/mol. The molecule has 12 nitrogen and oxygen atoms in total. The molecular formula is C47H54N4O8. The van der Waals surface area contributed by atoms with Crippen LogP contribution in [0.15, 0.2) is 108 Å². The molecule has 1 aliphatic carbocycles. The number of amides is 1. The molecule has 310 valence electrons. The van der Waals surface area contributed by atoms with Gasteiger partial charge in [-0.3, -0.25) is 9.59 Å². The van der Waals surface area contributed by atoms with E-state index in [0.717, 1.165) is 31.5 Å². The van der Waals surface area contributed by atoms with Crippen LogP contribution in [0.3, 0.4) is 0 Å². The lowest BCUT2D eigenvalue weighted by molar-refractivity contribution is -0.164. The second kappa shape index (κ2) is 19.5. The first-order valence-electron chi connectivity index (χ1n) is 20.7. The van der Waals surface area contributed by atoms with Gasteiger partial charge < -0.3 is 45.3 Å². The molecule has 2 aliphatic rings. The number of benzene rings is 4. The van der Waals surface area contributed by atoms with Gasteiger partial charge in [0.1, 0.15) is 11.5 Å². The number of esters is 1. The second-order valence-electron chi connectivity index (χ2n) is 15.7. The average Bonchev–Trinajstić information content (AvgIpc) is 3.82. The van der Waals surface area contributed by atoms with Crippen molar-refractivity contribution in [1.29, 1.82) is 0 Å². The SMILES string of the molecule is O=C(NCCCOc1cccc([C@](O)(C(=O)OCC2CCN(C3CCCC3)CC2)c2ccccc2)c1)c1ccc(CNC[C@H](O)c2ccc(O)c3[nH]c(=O)ccc23)cc1. The Morgan fingerprint density at radius 1 is 0.881 bits per heavy atom. The van der Waals surface area contributed by atoms with Crippen molar-refractivity contribution in [3.8, 4) is 11.5 Å². The van der Waals surface area contributed by atoms with E-state index in [-0.39, 0.29) is 41.8 Å². The predicted molar refractivity (Wildman–Crippen MR) is 225 cm³/mol. The van der Waals surface area contributed by atoms with E-state index >= 15 is 0 Å². The number of aliphatic hydroxyl groups is 2. The summed E-state index contributed by atoms with van der Waals surface area (Å²) in [6.45, 7) is 3.67. The highest BCUT2D eigenvalue weighted by Crippen LogP contribution is 2.34. The zero-order valence-electron chi connectivity index (χ0n) is 33.3. The molecule has 1 aromatic heterocycles. The molecule has 1 saturated heterocycles. The Balaban J connectivity index is 0.857. The van der Waals surface area contributed by atoms with Gasteiger partial charge in [-0.05, 0) is 104 Å². The van der Waals surface area contributed by atoms with E-state index in [1.165, 1.54) is 37.8 Å². The molecule has 2 fully saturated rings. The molecule has 5 aromatic rings. The fourth-order valence-corrected chi connectivity index (χ4v) is 8.30. The number of carbonyl (C=O) groups excluding carboxylic acids is 2. The summed E-state index contributed by atoms with van der Waals surface area (Å²) in [4.78, 5) is 43.5. The largest absolute Gasteiger partial charge is 0.506 e. The molecule has 1 amide bonds. The van der Waals surface area contributed by atoms with Crippen LogP contribution in [-0.2, 0) is 21.7 Å². The van der Waals surface area contributed by atoms with Crippen LogP contribution in [0, 0.1) is 5.92 Å². The summed E-state index contributed by atoms with van der Waals surface area (Å²) in [5.74, 6) is -0.239. The first-order chi connectivity index (χ1) is 28.7. The van der Waals surface area contributed by atoms with Crippen LogP contribution in [0.1, 0.15) is 83.7 Å². The summed E-state index contributed by atoms with van der Waals surface area (Å²) in [7, 11) is 0.